The first kappa shape index (κ1) is 22.0. The van der Waals surface area contributed by atoms with Gasteiger partial charge in [-0.2, -0.15) is 0 Å². The molecule has 0 spiro atoms. The second-order valence-electron chi connectivity index (χ2n) is 8.73. The highest BCUT2D eigenvalue weighted by atomic mass is 16.3. The van der Waals surface area contributed by atoms with Crippen molar-refractivity contribution in [2.75, 3.05) is 11.9 Å². The molecule has 0 bridgehead atoms. The zero-order valence-electron chi connectivity index (χ0n) is 18.8. The minimum atomic E-state index is -0.823. The molecule has 2 aromatic heterocycles. The Morgan fingerprint density at radius 1 is 1.09 bits per heavy atom. The normalized spacial score (nSPS) is 22.8. The minimum Gasteiger partial charge on any atom is -0.396 e. The predicted molar refractivity (Wildman–Crippen MR) is 127 cm³/mol. The lowest BCUT2D eigenvalue weighted by Crippen LogP contribution is -2.48. The number of likely N-dealkylation sites (tertiary alicyclic amines) is 1. The molecule has 5 rings (SSSR count). The van der Waals surface area contributed by atoms with Gasteiger partial charge in [-0.25, -0.2) is 0 Å². The minimum absolute atomic E-state index is 0.149. The number of rotatable bonds is 5. The lowest BCUT2D eigenvalue weighted by Gasteiger charge is -2.30. The Morgan fingerprint density at radius 2 is 1.82 bits per heavy atom. The van der Waals surface area contributed by atoms with Gasteiger partial charge in [-0.05, 0) is 42.0 Å². The second-order valence-corrected chi connectivity index (χ2v) is 8.73. The molecular weight excluding hydrogens is 432 g/mol. The van der Waals surface area contributed by atoms with E-state index in [1.807, 2.05) is 24.3 Å². The molecule has 2 aliphatic heterocycles. The third-order valence-corrected chi connectivity index (χ3v) is 6.97. The van der Waals surface area contributed by atoms with Crippen LogP contribution in [0.15, 0.2) is 71.8 Å². The Labute approximate surface area is 196 Å². The number of hydrogen-bond donors (Lipinski definition) is 2. The van der Waals surface area contributed by atoms with Crippen LogP contribution >= 0.6 is 0 Å². The maximum absolute atomic E-state index is 13.4. The first-order valence-corrected chi connectivity index (χ1v) is 11.5. The van der Waals surface area contributed by atoms with Gasteiger partial charge in [0.25, 0.3) is 5.56 Å². The molecule has 3 aromatic rings. The summed E-state index contributed by atoms with van der Waals surface area (Å²) in [6.45, 7) is 1.83. The van der Waals surface area contributed by atoms with Crippen molar-refractivity contribution >= 4 is 17.5 Å². The van der Waals surface area contributed by atoms with Crippen LogP contribution in [0.1, 0.15) is 25.1 Å². The summed E-state index contributed by atoms with van der Waals surface area (Å²) in [6, 6.07) is 15.0. The Bertz CT molecular complexity index is 1270. The van der Waals surface area contributed by atoms with Crippen molar-refractivity contribution in [1.29, 1.82) is 0 Å². The van der Waals surface area contributed by atoms with Crippen LogP contribution in [0.5, 0.6) is 0 Å². The number of carbonyl (C=O) groups is 2. The van der Waals surface area contributed by atoms with Crippen LogP contribution in [-0.4, -0.2) is 44.0 Å². The molecule has 4 heterocycles. The number of pyridine rings is 2. The lowest BCUT2D eigenvalue weighted by atomic mass is 9.88. The van der Waals surface area contributed by atoms with Crippen LogP contribution in [0.2, 0.25) is 0 Å². The monoisotopic (exact) mass is 458 g/mol. The second kappa shape index (κ2) is 8.87. The van der Waals surface area contributed by atoms with Crippen LogP contribution in [0.25, 0.3) is 11.1 Å². The Morgan fingerprint density at radius 3 is 2.50 bits per heavy atom. The number of aromatic nitrogens is 2. The number of benzene rings is 1. The number of aliphatic hydroxyl groups excluding tert-OH is 1. The highest BCUT2D eigenvalue weighted by Crippen LogP contribution is 2.49. The van der Waals surface area contributed by atoms with E-state index in [1.54, 1.807) is 59.1 Å². The summed E-state index contributed by atoms with van der Waals surface area (Å²) in [5.41, 5.74) is 2.50. The van der Waals surface area contributed by atoms with Crippen molar-refractivity contribution in [2.24, 2.45) is 11.8 Å². The van der Waals surface area contributed by atoms with E-state index < -0.39 is 18.0 Å². The quantitative estimate of drug-likeness (QED) is 0.611. The van der Waals surface area contributed by atoms with Crippen molar-refractivity contribution in [3.05, 3.63) is 83.0 Å². The average molecular weight is 459 g/mol. The fraction of sp³-hybridized carbons (Fsp3) is 0.308. The van der Waals surface area contributed by atoms with Crippen LogP contribution in [0.4, 0.5) is 5.69 Å². The van der Waals surface area contributed by atoms with E-state index in [4.69, 9.17) is 0 Å². The first-order chi connectivity index (χ1) is 16.5. The number of carbonyl (C=O) groups excluding carboxylic acids is 2. The van der Waals surface area contributed by atoms with Crippen molar-refractivity contribution in [3.8, 4) is 11.1 Å². The fourth-order valence-electron chi connectivity index (χ4n) is 5.44. The fourth-order valence-corrected chi connectivity index (χ4v) is 5.44. The van der Waals surface area contributed by atoms with E-state index in [9.17, 15) is 19.5 Å². The number of para-hydroxylation sites is 1. The molecule has 174 valence electrons. The number of amides is 2. The summed E-state index contributed by atoms with van der Waals surface area (Å²) in [5.74, 6) is -1.25. The molecule has 1 saturated heterocycles. The van der Waals surface area contributed by atoms with Gasteiger partial charge in [-0.3, -0.25) is 19.4 Å². The first-order valence-electron chi connectivity index (χ1n) is 11.5. The third kappa shape index (κ3) is 3.51. The molecule has 2 N–H and O–H groups in total. The molecule has 0 unspecified atom stereocenters. The van der Waals surface area contributed by atoms with E-state index in [0.29, 0.717) is 23.5 Å². The van der Waals surface area contributed by atoms with Crippen LogP contribution in [0.3, 0.4) is 0 Å². The number of fused-ring (bicyclic) bond motifs is 3. The molecule has 2 amide bonds. The molecule has 0 aliphatic carbocycles. The number of anilines is 1. The molecule has 34 heavy (non-hydrogen) atoms. The molecule has 0 saturated carbocycles. The van der Waals surface area contributed by atoms with Crippen molar-refractivity contribution < 1.29 is 14.7 Å². The predicted octanol–water partition coefficient (Wildman–Crippen LogP) is 2.45. The molecule has 1 fully saturated rings. The number of aliphatic hydroxyl groups is 1. The summed E-state index contributed by atoms with van der Waals surface area (Å²) in [7, 11) is 0. The highest BCUT2D eigenvalue weighted by Gasteiger charge is 2.57. The largest absolute Gasteiger partial charge is 0.396 e. The molecule has 4 atom stereocenters. The molecule has 2 aliphatic rings. The molecule has 8 heteroatoms. The van der Waals surface area contributed by atoms with Gasteiger partial charge in [0.05, 0.1) is 6.04 Å². The van der Waals surface area contributed by atoms with Gasteiger partial charge >= 0.3 is 0 Å². The topological polar surface area (TPSA) is 105 Å². The zero-order chi connectivity index (χ0) is 23.8. The molecule has 1 aromatic carbocycles. The van der Waals surface area contributed by atoms with Gasteiger partial charge < -0.3 is 19.9 Å². The Kier molecular flexibility index (Phi) is 5.75. The summed E-state index contributed by atoms with van der Waals surface area (Å²) < 4.78 is 1.69. The van der Waals surface area contributed by atoms with E-state index in [-0.39, 0.29) is 36.3 Å². The Hall–Kier alpha value is -3.78. The molecular formula is C26H26N4O4. The average Bonchev–Trinajstić information content (AvgIpc) is 3.40. The van der Waals surface area contributed by atoms with Crippen molar-refractivity contribution in [1.82, 2.24) is 14.5 Å². The molecule has 0 radical (unpaired) electrons. The number of hydrogen-bond acceptors (Lipinski definition) is 5. The van der Waals surface area contributed by atoms with Gasteiger partial charge in [0.2, 0.25) is 11.8 Å². The number of nitrogens with one attached hydrogen (secondary N) is 1. The maximum Gasteiger partial charge on any atom is 0.258 e. The Balaban J connectivity index is 1.55. The standard InChI is InChI=1S/C26H26N4O4/c1-2-22(32)30-23-19(20(15-31)24(30)25(33)28-17-6-4-3-5-7-17)14-29-21(23)9-8-18(26(29)34)16-10-12-27-13-11-16/h3-13,19-20,23-24,31H,2,14-15H2,1H3,(H,28,33)/t19-,20-,23+,24-/m1/s1. The zero-order valence-corrected chi connectivity index (χ0v) is 18.8. The summed E-state index contributed by atoms with van der Waals surface area (Å²) in [4.78, 5) is 45.5. The third-order valence-electron chi connectivity index (χ3n) is 6.97. The van der Waals surface area contributed by atoms with Gasteiger partial charge in [-0.15, -0.1) is 0 Å². The van der Waals surface area contributed by atoms with Gasteiger partial charge in [0.15, 0.2) is 0 Å². The van der Waals surface area contributed by atoms with Crippen LogP contribution < -0.4 is 10.9 Å². The summed E-state index contributed by atoms with van der Waals surface area (Å²) >= 11 is 0. The van der Waals surface area contributed by atoms with Crippen molar-refractivity contribution in [2.45, 2.75) is 32.0 Å². The summed E-state index contributed by atoms with van der Waals surface area (Å²) in [6.07, 6.45) is 3.50. The van der Waals surface area contributed by atoms with Crippen LogP contribution in [-0.2, 0) is 16.1 Å². The maximum atomic E-state index is 13.4. The van der Waals surface area contributed by atoms with Gasteiger partial charge in [0.1, 0.15) is 6.04 Å². The highest BCUT2D eigenvalue weighted by molar-refractivity contribution is 5.98. The van der Waals surface area contributed by atoms with Gasteiger partial charge in [0, 0.05) is 60.7 Å². The summed E-state index contributed by atoms with van der Waals surface area (Å²) in [5, 5.41) is 13.2. The van der Waals surface area contributed by atoms with E-state index in [0.717, 1.165) is 5.56 Å². The van der Waals surface area contributed by atoms with Crippen molar-refractivity contribution in [3.63, 3.8) is 0 Å². The van der Waals surface area contributed by atoms with E-state index in [2.05, 4.69) is 10.3 Å². The lowest BCUT2D eigenvalue weighted by molar-refractivity contribution is -0.139. The molecule has 8 nitrogen and oxygen atoms in total. The SMILES string of the molecule is CCC(=O)N1[C@@H]2c3ccc(-c4ccncc4)c(=O)n3C[C@@H]2[C@@H](CO)[C@@H]1C(=O)Nc1ccccc1. The smallest absolute Gasteiger partial charge is 0.258 e. The van der Waals surface area contributed by atoms with Crippen LogP contribution in [0, 0.1) is 11.8 Å². The number of nitrogens with zero attached hydrogens (tertiary/aromatic N) is 3. The van der Waals surface area contributed by atoms with Gasteiger partial charge in [-0.1, -0.05) is 25.1 Å². The van der Waals surface area contributed by atoms with E-state index in [1.165, 1.54) is 0 Å². The van der Waals surface area contributed by atoms with E-state index >= 15 is 0 Å².